The van der Waals surface area contributed by atoms with Crippen molar-refractivity contribution in [3.8, 4) is 0 Å². The monoisotopic (exact) mass is 932 g/mol. The molecular weight excluding hydrogens is 896 g/mol. The number of fused-ring (bicyclic) bond motifs is 2. The van der Waals surface area contributed by atoms with Crippen LogP contribution < -0.4 is 0 Å². The van der Waals surface area contributed by atoms with Crippen LogP contribution >= 0.6 is 63.7 Å². The first-order chi connectivity index (χ1) is 23.3. The van der Waals surface area contributed by atoms with Gasteiger partial charge < -0.3 is 9.47 Å². The summed E-state index contributed by atoms with van der Waals surface area (Å²) in [6.07, 6.45) is 7.44. The van der Waals surface area contributed by atoms with Gasteiger partial charge in [0.25, 0.3) is 0 Å². The molecule has 8 rings (SSSR count). The Morgan fingerprint density at radius 2 is 0.940 bits per heavy atom. The lowest BCUT2D eigenvalue weighted by Crippen LogP contribution is -2.51. The molecule has 0 radical (unpaired) electrons. The minimum absolute atomic E-state index is 0.110. The number of allylic oxidation sites excluding steroid dienone is 2. The molecule has 0 saturated carbocycles. The third-order valence-electron chi connectivity index (χ3n) is 13.5. The lowest BCUT2D eigenvalue weighted by Gasteiger charge is -2.52. The number of halogens is 4. The summed E-state index contributed by atoms with van der Waals surface area (Å²) in [5.74, 6) is -1.88. The molecule has 6 aliphatic rings. The SMILES string of the molecule is CCc1c(Br)cc2c(c1Br)[C@@H]1[C@H]3OC(=O)[C@@H]1[C@](C)(C=CC3=O)C2(C)C.CCc1c(Br)cc2c(c1Br)[C@H]1[C@@H]3OC(=O)[C@H]1[C@@](C)(C=CC3=O)C2(C)C. The van der Waals surface area contributed by atoms with Crippen LogP contribution in [0, 0.1) is 22.7 Å². The highest BCUT2D eigenvalue weighted by atomic mass is 79.9. The van der Waals surface area contributed by atoms with Crippen LogP contribution in [0.1, 0.15) is 101 Å². The molecule has 0 aromatic heterocycles. The van der Waals surface area contributed by atoms with E-state index >= 15 is 0 Å². The van der Waals surface area contributed by atoms with E-state index in [4.69, 9.17) is 9.47 Å². The van der Waals surface area contributed by atoms with E-state index in [-0.39, 0.29) is 58.0 Å². The molecule has 8 bridgehead atoms. The van der Waals surface area contributed by atoms with Crippen molar-refractivity contribution in [2.75, 3.05) is 0 Å². The Kier molecular flexibility index (Phi) is 8.62. The molecule has 0 spiro atoms. The fourth-order valence-electron chi connectivity index (χ4n) is 9.90. The first kappa shape index (κ1) is 36.5. The highest BCUT2D eigenvalue weighted by Gasteiger charge is 2.67. The van der Waals surface area contributed by atoms with Gasteiger partial charge in [0.1, 0.15) is 0 Å². The largest absolute Gasteiger partial charge is 0.453 e. The summed E-state index contributed by atoms with van der Waals surface area (Å²) in [6.45, 7) is 17.0. The molecule has 4 aliphatic carbocycles. The van der Waals surface area contributed by atoms with Crippen LogP contribution in [0.3, 0.4) is 0 Å². The second-order valence-corrected chi connectivity index (χ2v) is 19.2. The number of rotatable bonds is 2. The van der Waals surface area contributed by atoms with Crippen LogP contribution in [-0.4, -0.2) is 35.7 Å². The zero-order valence-electron chi connectivity index (χ0n) is 29.3. The van der Waals surface area contributed by atoms with Crippen LogP contribution in [0.15, 0.2) is 54.3 Å². The zero-order chi connectivity index (χ0) is 36.6. The summed E-state index contributed by atoms with van der Waals surface area (Å²) >= 11 is 15.0. The Hall–Kier alpha value is -1.88. The Morgan fingerprint density at radius 1 is 0.600 bits per heavy atom. The van der Waals surface area contributed by atoms with Crippen molar-refractivity contribution in [1.82, 2.24) is 0 Å². The molecule has 50 heavy (non-hydrogen) atoms. The highest BCUT2D eigenvalue weighted by molar-refractivity contribution is 9.11. The zero-order valence-corrected chi connectivity index (χ0v) is 35.6. The molecule has 2 saturated heterocycles. The van der Waals surface area contributed by atoms with Gasteiger partial charge in [0.2, 0.25) is 0 Å². The predicted molar refractivity (Wildman–Crippen MR) is 205 cm³/mol. The minimum atomic E-state index is -0.715. The maximum Gasteiger partial charge on any atom is 0.311 e. The number of carbonyl (C=O) groups is 4. The van der Waals surface area contributed by atoms with Gasteiger partial charge in [-0.3, -0.25) is 19.2 Å². The van der Waals surface area contributed by atoms with Gasteiger partial charge in [0.05, 0.1) is 11.8 Å². The van der Waals surface area contributed by atoms with Crippen LogP contribution in [0.25, 0.3) is 0 Å². The standard InChI is InChI=1S/2C20H20Br2O3/c2*1-5-9-11(21)8-10-13(16(9)22)14-15-18(24)25-17(14)12(23)6-7-20(15,4)19(10,2)3/h2*6-8,14-15,17H,5H2,1-4H3/t2*14-,15+,17-,20-/m10/s1. The number of carbonyl (C=O) groups excluding carboxylic acids is 4. The molecule has 2 aromatic rings. The van der Waals surface area contributed by atoms with Crippen molar-refractivity contribution in [2.24, 2.45) is 22.7 Å². The number of esters is 2. The molecule has 10 heteroatoms. The van der Waals surface area contributed by atoms with Crippen molar-refractivity contribution in [2.45, 2.75) is 103 Å². The van der Waals surface area contributed by atoms with Gasteiger partial charge in [-0.2, -0.15) is 0 Å². The van der Waals surface area contributed by atoms with Gasteiger partial charge in [-0.05, 0) is 81.3 Å². The van der Waals surface area contributed by atoms with Gasteiger partial charge >= 0.3 is 11.9 Å². The molecule has 2 fully saturated rings. The normalized spacial score (nSPS) is 34.6. The fraction of sp³-hybridized carbons (Fsp3) is 0.500. The van der Waals surface area contributed by atoms with Gasteiger partial charge in [-0.25, -0.2) is 0 Å². The first-order valence-electron chi connectivity index (χ1n) is 17.2. The van der Waals surface area contributed by atoms with Crippen molar-refractivity contribution in [3.05, 3.63) is 87.7 Å². The van der Waals surface area contributed by atoms with E-state index < -0.39 is 23.0 Å². The molecular formula is C40H40Br4O6. The molecule has 6 nitrogen and oxygen atoms in total. The maximum atomic E-state index is 12.8. The molecule has 0 N–H and O–H groups in total. The lowest BCUT2D eigenvalue weighted by molar-refractivity contribution is -0.151. The van der Waals surface area contributed by atoms with Crippen molar-refractivity contribution >= 4 is 87.2 Å². The second-order valence-electron chi connectivity index (χ2n) is 15.9. The molecule has 8 atom stereocenters. The van der Waals surface area contributed by atoms with Crippen LogP contribution in [-0.2, 0) is 52.3 Å². The summed E-state index contributed by atoms with van der Waals surface area (Å²) in [5, 5.41) is 0. The molecule has 264 valence electrons. The van der Waals surface area contributed by atoms with Crippen molar-refractivity contribution < 1.29 is 28.7 Å². The van der Waals surface area contributed by atoms with E-state index in [1.165, 1.54) is 11.1 Å². The van der Waals surface area contributed by atoms with Crippen LogP contribution in [0.2, 0.25) is 0 Å². The number of hydrogen-bond donors (Lipinski definition) is 0. The van der Waals surface area contributed by atoms with Gasteiger partial charge in [0, 0.05) is 40.6 Å². The Labute approximate surface area is 327 Å². The molecule has 0 amide bonds. The summed E-state index contributed by atoms with van der Waals surface area (Å²) < 4.78 is 15.3. The van der Waals surface area contributed by atoms with Gasteiger partial charge in [-0.1, -0.05) is 131 Å². The summed E-state index contributed by atoms with van der Waals surface area (Å²) in [7, 11) is 0. The fourth-order valence-corrected chi connectivity index (χ4v) is 13.8. The molecule has 2 aliphatic heterocycles. The average molecular weight is 936 g/mol. The minimum Gasteiger partial charge on any atom is -0.453 e. The summed E-state index contributed by atoms with van der Waals surface area (Å²) in [4.78, 5) is 50.9. The first-order valence-corrected chi connectivity index (χ1v) is 20.4. The van der Waals surface area contributed by atoms with E-state index in [1.807, 2.05) is 12.2 Å². The van der Waals surface area contributed by atoms with E-state index in [9.17, 15) is 19.2 Å². The van der Waals surface area contributed by atoms with E-state index in [1.54, 1.807) is 12.2 Å². The molecule has 0 unspecified atom stereocenters. The van der Waals surface area contributed by atoms with Gasteiger partial charge in [-0.15, -0.1) is 0 Å². The molecule has 2 aromatic carbocycles. The average Bonchev–Trinajstić information content (AvgIpc) is 3.52. The number of hydrogen-bond acceptors (Lipinski definition) is 6. The summed E-state index contributed by atoms with van der Waals surface area (Å²) in [5.41, 5.74) is 5.21. The lowest BCUT2D eigenvalue weighted by atomic mass is 9.49. The third kappa shape index (κ3) is 4.52. The summed E-state index contributed by atoms with van der Waals surface area (Å²) in [6, 6.07) is 4.35. The number of benzene rings is 2. The van der Waals surface area contributed by atoms with E-state index in [0.29, 0.717) is 0 Å². The third-order valence-corrected chi connectivity index (χ3v) is 16.7. The topological polar surface area (TPSA) is 86.7 Å². The smallest absolute Gasteiger partial charge is 0.311 e. The predicted octanol–water partition coefficient (Wildman–Crippen LogP) is 9.67. The quantitative estimate of drug-likeness (QED) is 0.279. The Balaban J connectivity index is 0.000000157. The Bertz CT molecular complexity index is 1850. The number of ether oxygens (including phenoxy) is 2. The van der Waals surface area contributed by atoms with E-state index in [2.05, 4.69) is 131 Å². The number of ketones is 2. The van der Waals surface area contributed by atoms with Crippen molar-refractivity contribution in [1.29, 1.82) is 0 Å². The van der Waals surface area contributed by atoms with E-state index in [0.717, 1.165) is 53.0 Å². The van der Waals surface area contributed by atoms with Gasteiger partial charge in [0.15, 0.2) is 23.8 Å². The Morgan fingerprint density at radius 3 is 1.26 bits per heavy atom. The van der Waals surface area contributed by atoms with Crippen LogP contribution in [0.5, 0.6) is 0 Å². The van der Waals surface area contributed by atoms with Crippen LogP contribution in [0.4, 0.5) is 0 Å². The second kappa shape index (κ2) is 11.8. The molecule has 2 heterocycles. The maximum absolute atomic E-state index is 12.8. The highest BCUT2D eigenvalue weighted by Crippen LogP contribution is 2.66. The van der Waals surface area contributed by atoms with Crippen molar-refractivity contribution in [3.63, 3.8) is 0 Å².